The highest BCUT2D eigenvalue weighted by Gasteiger charge is 1.98. The summed E-state index contributed by atoms with van der Waals surface area (Å²) in [4.78, 5) is 15.7. The van der Waals surface area contributed by atoms with Gasteiger partial charge in [0.15, 0.2) is 0 Å². The van der Waals surface area contributed by atoms with Crippen LogP contribution in [0.5, 0.6) is 6.01 Å². The van der Waals surface area contributed by atoms with Gasteiger partial charge in [-0.2, -0.15) is 0 Å². The molecule has 1 rings (SSSR count). The fourth-order valence-electron chi connectivity index (χ4n) is 0.835. The van der Waals surface area contributed by atoms with Crippen LogP contribution in [0.15, 0.2) is 29.0 Å². The molecule has 0 spiro atoms. The van der Waals surface area contributed by atoms with Gasteiger partial charge in [-0.15, -0.1) is 0 Å². The Morgan fingerprint density at radius 3 is 2.60 bits per heavy atom. The normalized spacial score (nSPS) is 11.1. The first-order chi connectivity index (χ1) is 7.27. The van der Waals surface area contributed by atoms with Crippen molar-refractivity contribution in [2.45, 2.75) is 0 Å². The summed E-state index contributed by atoms with van der Waals surface area (Å²) >= 11 is 0. The molecule has 0 unspecified atom stereocenters. The van der Waals surface area contributed by atoms with Crippen LogP contribution in [0.1, 0.15) is 5.56 Å². The summed E-state index contributed by atoms with van der Waals surface area (Å²) in [6.07, 6.45) is 6.35. The topological polar surface area (TPSA) is 59.7 Å². The smallest absolute Gasteiger partial charge is 0.316 e. The van der Waals surface area contributed by atoms with Crippen molar-refractivity contribution in [3.8, 4) is 6.01 Å². The van der Waals surface area contributed by atoms with Gasteiger partial charge in [-0.25, -0.2) is 9.97 Å². The van der Waals surface area contributed by atoms with E-state index < -0.39 is 0 Å². The van der Waals surface area contributed by atoms with Crippen molar-refractivity contribution in [1.29, 1.82) is 0 Å². The molecule has 5 heteroatoms. The van der Waals surface area contributed by atoms with Gasteiger partial charge >= 0.3 is 6.01 Å². The Morgan fingerprint density at radius 1 is 1.40 bits per heavy atom. The molecule has 1 aromatic heterocycles. The zero-order valence-electron chi connectivity index (χ0n) is 8.71. The van der Waals surface area contributed by atoms with E-state index in [9.17, 15) is 0 Å². The average molecular weight is 204 g/mol. The third kappa shape index (κ3) is 3.30. The van der Waals surface area contributed by atoms with E-state index in [1.54, 1.807) is 31.9 Å². The molecule has 1 aromatic rings. The Morgan fingerprint density at radius 2 is 2.07 bits per heavy atom. The number of nitrogens with zero attached hydrogens (tertiary/aromatic N) is 4. The van der Waals surface area contributed by atoms with E-state index in [1.807, 2.05) is 0 Å². The highest BCUT2D eigenvalue weighted by molar-refractivity contribution is 6.17. The molecule has 0 saturated heterocycles. The molecule has 0 aromatic carbocycles. The predicted molar refractivity (Wildman–Crippen MR) is 60.5 cm³/mol. The Hall–Kier alpha value is -2.04. The molecule has 15 heavy (non-hydrogen) atoms. The predicted octanol–water partition coefficient (Wildman–Crippen LogP) is 1.23. The van der Waals surface area contributed by atoms with Crippen LogP contribution in [0.2, 0.25) is 0 Å². The highest BCUT2D eigenvalue weighted by Crippen LogP contribution is 2.11. The molecule has 0 aliphatic carbocycles. The van der Waals surface area contributed by atoms with E-state index in [0.29, 0.717) is 11.7 Å². The molecule has 0 atom stereocenters. The van der Waals surface area contributed by atoms with Crippen LogP contribution in [0.25, 0.3) is 5.70 Å². The largest absolute Gasteiger partial charge is 0.467 e. The molecule has 0 N–H and O–H groups in total. The molecule has 0 aliphatic rings. The molecule has 0 radical (unpaired) electrons. The monoisotopic (exact) mass is 204 g/mol. The van der Waals surface area contributed by atoms with Crippen LogP contribution >= 0.6 is 0 Å². The lowest BCUT2D eigenvalue weighted by atomic mass is 10.3. The van der Waals surface area contributed by atoms with Gasteiger partial charge in [0.2, 0.25) is 0 Å². The summed E-state index contributed by atoms with van der Waals surface area (Å²) in [5, 5.41) is 0. The summed E-state index contributed by atoms with van der Waals surface area (Å²) in [6.45, 7) is 3.77. The van der Waals surface area contributed by atoms with Crippen LogP contribution in [0, 0.1) is 0 Å². The van der Waals surface area contributed by atoms with Gasteiger partial charge in [-0.05, 0) is 0 Å². The van der Waals surface area contributed by atoms with Crippen molar-refractivity contribution in [3.63, 3.8) is 0 Å². The quantitative estimate of drug-likeness (QED) is 0.693. The van der Waals surface area contributed by atoms with E-state index in [4.69, 9.17) is 4.74 Å². The van der Waals surface area contributed by atoms with Crippen LogP contribution in [-0.4, -0.2) is 36.6 Å². The summed E-state index contributed by atoms with van der Waals surface area (Å²) in [6, 6.07) is 0.325. The second kappa shape index (κ2) is 5.64. The molecule has 0 bridgehead atoms. The first-order valence-corrected chi connectivity index (χ1v) is 4.28. The second-order valence-electron chi connectivity index (χ2n) is 2.59. The Bertz CT molecular complexity index is 381. The van der Waals surface area contributed by atoms with Gasteiger partial charge in [0.1, 0.15) is 0 Å². The molecular weight excluding hydrogens is 192 g/mol. The number of hydrogen-bond donors (Lipinski definition) is 0. The van der Waals surface area contributed by atoms with Gasteiger partial charge in [0.25, 0.3) is 0 Å². The minimum atomic E-state index is 0.325. The van der Waals surface area contributed by atoms with E-state index in [0.717, 1.165) is 5.56 Å². The maximum Gasteiger partial charge on any atom is 0.316 e. The second-order valence-corrected chi connectivity index (χ2v) is 2.59. The van der Waals surface area contributed by atoms with Crippen molar-refractivity contribution >= 4 is 18.1 Å². The number of hydrogen-bond acceptors (Lipinski definition) is 5. The zero-order valence-corrected chi connectivity index (χ0v) is 8.71. The first-order valence-electron chi connectivity index (χ1n) is 4.28. The minimum absolute atomic E-state index is 0.325. The standard InChI is InChI=1S/C10H12N4O/c1-8(12-5-4-11-2)9-6-13-10(15-3)14-7-9/h4-7H,1H2,2-3H3. The number of aromatic nitrogens is 2. The molecule has 0 fully saturated rings. The van der Waals surface area contributed by atoms with Crippen molar-refractivity contribution in [2.75, 3.05) is 14.2 Å². The minimum Gasteiger partial charge on any atom is -0.467 e. The van der Waals surface area contributed by atoms with Crippen molar-refractivity contribution in [1.82, 2.24) is 9.97 Å². The van der Waals surface area contributed by atoms with E-state index >= 15 is 0 Å². The highest BCUT2D eigenvalue weighted by atomic mass is 16.5. The van der Waals surface area contributed by atoms with E-state index in [-0.39, 0.29) is 0 Å². The molecule has 5 nitrogen and oxygen atoms in total. The van der Waals surface area contributed by atoms with Crippen LogP contribution in [0.4, 0.5) is 0 Å². The van der Waals surface area contributed by atoms with Gasteiger partial charge < -0.3 is 4.74 Å². The molecule has 0 aliphatic heterocycles. The fourth-order valence-corrected chi connectivity index (χ4v) is 0.835. The Balaban J connectivity index is 2.74. The zero-order chi connectivity index (χ0) is 11.1. The first kappa shape index (κ1) is 11.0. The summed E-state index contributed by atoms with van der Waals surface area (Å²) < 4.78 is 4.84. The van der Waals surface area contributed by atoms with Gasteiger partial charge in [-0.1, -0.05) is 6.58 Å². The van der Waals surface area contributed by atoms with Crippen molar-refractivity contribution in [2.24, 2.45) is 9.98 Å². The number of aliphatic imine (C=N–C) groups is 2. The maximum atomic E-state index is 4.84. The summed E-state index contributed by atoms with van der Waals surface area (Å²) in [7, 11) is 3.19. The number of rotatable bonds is 4. The van der Waals surface area contributed by atoms with E-state index in [1.165, 1.54) is 7.11 Å². The SMILES string of the molecule is C=C(N=CC=NC)c1cnc(OC)nc1. The molecule has 0 amide bonds. The van der Waals surface area contributed by atoms with Gasteiger partial charge in [-0.3, -0.25) is 9.98 Å². The van der Waals surface area contributed by atoms with Gasteiger partial charge in [0.05, 0.1) is 12.8 Å². The number of methoxy groups -OCH3 is 1. The summed E-state index contributed by atoms with van der Waals surface area (Å²) in [5.41, 5.74) is 1.33. The molecule has 78 valence electrons. The summed E-state index contributed by atoms with van der Waals surface area (Å²) in [5.74, 6) is 0. The molecular formula is C10H12N4O. The third-order valence-electron chi connectivity index (χ3n) is 1.59. The van der Waals surface area contributed by atoms with Crippen LogP contribution in [-0.2, 0) is 0 Å². The lowest BCUT2D eigenvalue weighted by molar-refractivity contribution is 0.379. The fraction of sp³-hybridized carbons (Fsp3) is 0.200. The van der Waals surface area contributed by atoms with Crippen LogP contribution in [0.3, 0.4) is 0 Å². The molecule has 1 heterocycles. The maximum absolute atomic E-state index is 4.84. The van der Waals surface area contributed by atoms with Crippen molar-refractivity contribution in [3.05, 3.63) is 24.5 Å². The van der Waals surface area contributed by atoms with E-state index in [2.05, 4.69) is 26.5 Å². The third-order valence-corrected chi connectivity index (χ3v) is 1.59. The Labute approximate surface area is 88.3 Å². The number of ether oxygens (including phenoxy) is 1. The molecule has 0 saturated carbocycles. The van der Waals surface area contributed by atoms with Crippen LogP contribution < -0.4 is 4.74 Å². The average Bonchev–Trinajstić information content (AvgIpc) is 2.29. The Kier molecular flexibility index (Phi) is 4.15. The van der Waals surface area contributed by atoms with Gasteiger partial charge in [0, 0.05) is 37.4 Å². The lowest BCUT2D eigenvalue weighted by Gasteiger charge is -1.99. The van der Waals surface area contributed by atoms with Crippen molar-refractivity contribution < 1.29 is 4.74 Å². The lowest BCUT2D eigenvalue weighted by Crippen LogP contribution is -1.92.